The molecule has 3 aromatic rings. The van der Waals surface area contributed by atoms with E-state index in [1.807, 2.05) is 41.8 Å². The van der Waals surface area contributed by atoms with Crippen molar-refractivity contribution in [3.63, 3.8) is 0 Å². The number of amides is 1. The normalized spacial score (nSPS) is 15.8. The maximum Gasteiger partial charge on any atom is 0.243 e. The number of hydrogen-bond donors (Lipinski definition) is 1. The van der Waals surface area contributed by atoms with Gasteiger partial charge in [-0.3, -0.25) is 9.36 Å². The first kappa shape index (κ1) is 23.5. The molecule has 0 bridgehead atoms. The van der Waals surface area contributed by atoms with Gasteiger partial charge in [-0.05, 0) is 57.0 Å². The first-order valence-electron chi connectivity index (χ1n) is 10.9. The molecule has 8 nitrogen and oxygen atoms in total. The van der Waals surface area contributed by atoms with Crippen LogP contribution in [0.1, 0.15) is 32.0 Å². The van der Waals surface area contributed by atoms with E-state index in [-0.39, 0.29) is 10.8 Å². The number of carbonyl (C=O) groups is 1. The van der Waals surface area contributed by atoms with Gasteiger partial charge in [0.15, 0.2) is 5.16 Å². The Bertz CT molecular complexity index is 1220. The Morgan fingerprint density at radius 1 is 1.03 bits per heavy atom. The zero-order chi connectivity index (χ0) is 23.4. The number of thioether (sulfide) groups is 1. The molecule has 4 rings (SSSR count). The molecule has 1 fully saturated rings. The smallest absolute Gasteiger partial charge is 0.243 e. The first-order valence-corrected chi connectivity index (χ1v) is 13.2. The van der Waals surface area contributed by atoms with Gasteiger partial charge >= 0.3 is 0 Å². The van der Waals surface area contributed by atoms with Crippen LogP contribution in [-0.4, -0.2) is 51.7 Å². The number of carbonyl (C=O) groups excluding carboxylic acids is 1. The van der Waals surface area contributed by atoms with E-state index in [4.69, 9.17) is 0 Å². The van der Waals surface area contributed by atoms with Crippen LogP contribution in [0.4, 0.5) is 5.69 Å². The molecule has 10 heteroatoms. The molecule has 0 radical (unpaired) electrons. The lowest BCUT2D eigenvalue weighted by Gasteiger charge is -2.26. The number of anilines is 1. The van der Waals surface area contributed by atoms with E-state index in [9.17, 15) is 13.2 Å². The predicted molar refractivity (Wildman–Crippen MR) is 129 cm³/mol. The third-order valence-corrected chi connectivity index (χ3v) is 8.45. The van der Waals surface area contributed by atoms with Gasteiger partial charge in [-0.25, -0.2) is 8.42 Å². The van der Waals surface area contributed by atoms with Gasteiger partial charge in [-0.2, -0.15) is 4.31 Å². The van der Waals surface area contributed by atoms with Crippen LogP contribution in [0, 0.1) is 6.92 Å². The van der Waals surface area contributed by atoms with E-state index in [1.54, 1.807) is 25.1 Å². The van der Waals surface area contributed by atoms with Crippen molar-refractivity contribution in [3.05, 3.63) is 60.4 Å². The maximum atomic E-state index is 13.0. The third kappa shape index (κ3) is 5.29. The summed E-state index contributed by atoms with van der Waals surface area (Å²) in [7, 11) is -3.57. The van der Waals surface area contributed by atoms with Crippen molar-refractivity contribution in [1.82, 2.24) is 19.1 Å². The number of rotatable bonds is 7. The van der Waals surface area contributed by atoms with Crippen LogP contribution < -0.4 is 5.32 Å². The molecule has 1 saturated heterocycles. The van der Waals surface area contributed by atoms with Gasteiger partial charge in [0, 0.05) is 24.5 Å². The van der Waals surface area contributed by atoms with Gasteiger partial charge in [0.2, 0.25) is 15.9 Å². The Hall–Kier alpha value is -2.69. The van der Waals surface area contributed by atoms with Crippen LogP contribution in [0.2, 0.25) is 0 Å². The summed E-state index contributed by atoms with van der Waals surface area (Å²) in [6.45, 7) is 4.72. The second-order valence-electron chi connectivity index (χ2n) is 7.94. The Balaban J connectivity index is 1.47. The zero-order valence-electron chi connectivity index (χ0n) is 18.6. The van der Waals surface area contributed by atoms with Crippen molar-refractivity contribution in [2.75, 3.05) is 18.4 Å². The number of nitrogens with zero attached hydrogens (tertiary/aromatic N) is 4. The summed E-state index contributed by atoms with van der Waals surface area (Å²) in [6, 6.07) is 16.2. The molecule has 1 aliphatic rings. The number of para-hydroxylation sites is 1. The Kier molecular flexibility index (Phi) is 7.16. The SMILES string of the molecule is Cc1nnc(SC(C)C(=O)Nc2cccc(S(=O)(=O)N3CCCCC3)c2)n1-c1ccccc1. The quantitative estimate of drug-likeness (QED) is 0.510. The average Bonchev–Trinajstić information content (AvgIpc) is 3.20. The van der Waals surface area contributed by atoms with Crippen LogP contribution >= 0.6 is 11.8 Å². The minimum absolute atomic E-state index is 0.196. The summed E-state index contributed by atoms with van der Waals surface area (Å²) in [6.07, 6.45) is 2.80. The lowest BCUT2D eigenvalue weighted by atomic mass is 10.2. The number of aromatic nitrogens is 3. The van der Waals surface area contributed by atoms with Crippen molar-refractivity contribution in [2.24, 2.45) is 0 Å². The largest absolute Gasteiger partial charge is 0.325 e. The number of benzene rings is 2. The van der Waals surface area contributed by atoms with E-state index in [0.29, 0.717) is 23.9 Å². The van der Waals surface area contributed by atoms with E-state index >= 15 is 0 Å². The van der Waals surface area contributed by atoms with Crippen LogP contribution in [0.15, 0.2) is 64.6 Å². The van der Waals surface area contributed by atoms with Crippen molar-refractivity contribution < 1.29 is 13.2 Å². The fourth-order valence-electron chi connectivity index (χ4n) is 3.74. The lowest BCUT2D eigenvalue weighted by Crippen LogP contribution is -2.35. The molecule has 1 atom stereocenters. The topological polar surface area (TPSA) is 97.2 Å². The van der Waals surface area contributed by atoms with Crippen molar-refractivity contribution >= 4 is 33.4 Å². The Labute approximate surface area is 198 Å². The van der Waals surface area contributed by atoms with Crippen molar-refractivity contribution in [1.29, 1.82) is 0 Å². The fourth-order valence-corrected chi connectivity index (χ4v) is 6.21. The second kappa shape index (κ2) is 10.1. The summed E-state index contributed by atoms with van der Waals surface area (Å²) in [5.41, 5.74) is 1.37. The molecule has 1 amide bonds. The Morgan fingerprint density at radius 2 is 1.76 bits per heavy atom. The molecular formula is C23H27N5O3S2. The number of piperidine rings is 1. The molecule has 2 heterocycles. The van der Waals surface area contributed by atoms with E-state index < -0.39 is 15.3 Å². The lowest BCUT2D eigenvalue weighted by molar-refractivity contribution is -0.115. The highest BCUT2D eigenvalue weighted by molar-refractivity contribution is 8.00. The zero-order valence-corrected chi connectivity index (χ0v) is 20.3. The average molecular weight is 486 g/mol. The molecule has 33 heavy (non-hydrogen) atoms. The Morgan fingerprint density at radius 3 is 2.48 bits per heavy atom. The van der Waals surface area contributed by atoms with Crippen molar-refractivity contribution in [3.8, 4) is 5.69 Å². The van der Waals surface area contributed by atoms with Crippen LogP contribution in [0.25, 0.3) is 5.69 Å². The van der Waals surface area contributed by atoms with E-state index in [1.165, 1.54) is 22.1 Å². The van der Waals surface area contributed by atoms with Crippen LogP contribution in [0.3, 0.4) is 0 Å². The standard InChI is InChI=1S/C23H27N5O3S2/c1-17(32-23-26-25-18(2)28(23)20-11-5-3-6-12-20)22(29)24-19-10-9-13-21(16-19)33(30,31)27-14-7-4-8-15-27/h3,5-6,9-13,16-17H,4,7-8,14-15H2,1-2H3,(H,24,29). The number of hydrogen-bond acceptors (Lipinski definition) is 6. The molecular weight excluding hydrogens is 458 g/mol. The fraction of sp³-hybridized carbons (Fsp3) is 0.348. The summed E-state index contributed by atoms with van der Waals surface area (Å²) in [4.78, 5) is 13.1. The van der Waals surface area contributed by atoms with E-state index in [2.05, 4.69) is 15.5 Å². The highest BCUT2D eigenvalue weighted by Crippen LogP contribution is 2.27. The monoisotopic (exact) mass is 485 g/mol. The molecule has 174 valence electrons. The van der Waals surface area contributed by atoms with Gasteiger partial charge in [-0.1, -0.05) is 42.4 Å². The minimum Gasteiger partial charge on any atom is -0.325 e. The maximum absolute atomic E-state index is 13.0. The summed E-state index contributed by atoms with van der Waals surface area (Å²) >= 11 is 1.30. The van der Waals surface area contributed by atoms with E-state index in [0.717, 1.165) is 30.8 Å². The molecule has 1 N–H and O–H groups in total. The van der Waals surface area contributed by atoms with Crippen molar-refractivity contribution in [2.45, 2.75) is 48.4 Å². The molecule has 1 unspecified atom stereocenters. The highest BCUT2D eigenvalue weighted by atomic mass is 32.2. The van der Waals surface area contributed by atoms with Gasteiger partial charge in [0.1, 0.15) is 5.82 Å². The predicted octanol–water partition coefficient (Wildman–Crippen LogP) is 3.87. The number of sulfonamides is 1. The molecule has 0 saturated carbocycles. The molecule has 1 aliphatic heterocycles. The summed E-state index contributed by atoms with van der Waals surface area (Å²) in [5.74, 6) is 0.486. The van der Waals surface area contributed by atoms with Gasteiger partial charge in [0.05, 0.1) is 10.1 Å². The molecule has 0 aliphatic carbocycles. The molecule has 2 aromatic carbocycles. The highest BCUT2D eigenvalue weighted by Gasteiger charge is 2.26. The molecule has 1 aromatic heterocycles. The second-order valence-corrected chi connectivity index (χ2v) is 11.2. The summed E-state index contributed by atoms with van der Waals surface area (Å²) < 4.78 is 29.4. The third-order valence-electron chi connectivity index (χ3n) is 5.52. The summed E-state index contributed by atoms with van der Waals surface area (Å²) in [5, 5.41) is 11.4. The molecule has 0 spiro atoms. The minimum atomic E-state index is -3.57. The van der Waals surface area contributed by atoms with Gasteiger partial charge in [0.25, 0.3) is 0 Å². The number of nitrogens with one attached hydrogen (secondary N) is 1. The first-order chi connectivity index (χ1) is 15.9. The van der Waals surface area contributed by atoms with Gasteiger partial charge < -0.3 is 5.32 Å². The number of aryl methyl sites for hydroxylation is 1. The van der Waals surface area contributed by atoms with Gasteiger partial charge in [-0.15, -0.1) is 10.2 Å². The van der Waals surface area contributed by atoms with Crippen LogP contribution in [-0.2, 0) is 14.8 Å². The van der Waals surface area contributed by atoms with Crippen LogP contribution in [0.5, 0.6) is 0 Å².